The Kier molecular flexibility index (Phi) is 4.25. The van der Waals surface area contributed by atoms with Crippen molar-refractivity contribution in [1.82, 2.24) is 19.4 Å². The van der Waals surface area contributed by atoms with Crippen LogP contribution in [0.15, 0.2) is 24.3 Å². The van der Waals surface area contributed by atoms with Crippen molar-refractivity contribution >= 4 is 16.9 Å². The molecule has 0 N–H and O–H groups in total. The second-order valence-corrected chi connectivity index (χ2v) is 7.36. The van der Waals surface area contributed by atoms with Crippen molar-refractivity contribution in [3.63, 3.8) is 0 Å². The quantitative estimate of drug-likeness (QED) is 0.835. The predicted molar refractivity (Wildman–Crippen MR) is 96.2 cm³/mol. The summed E-state index contributed by atoms with van der Waals surface area (Å²) in [6.45, 7) is 6.52. The van der Waals surface area contributed by atoms with Crippen LogP contribution >= 0.6 is 0 Å². The topological polar surface area (TPSA) is 50.6 Å². The van der Waals surface area contributed by atoms with Gasteiger partial charge in [0.2, 0.25) is 5.91 Å². The van der Waals surface area contributed by atoms with Crippen LogP contribution in [0, 0.1) is 0 Å². The Morgan fingerprint density at radius 2 is 2.12 bits per heavy atom. The summed E-state index contributed by atoms with van der Waals surface area (Å²) < 4.78 is 8.36. The summed E-state index contributed by atoms with van der Waals surface area (Å²) in [4.78, 5) is 20.9. The van der Waals surface area contributed by atoms with E-state index in [0.29, 0.717) is 6.54 Å². The van der Waals surface area contributed by atoms with Crippen LogP contribution in [0.25, 0.3) is 11.0 Å². The molecule has 0 aliphatic carbocycles. The minimum Gasteiger partial charge on any atom is -0.370 e. The van der Waals surface area contributed by atoms with Crippen molar-refractivity contribution in [2.75, 3.05) is 32.8 Å². The lowest BCUT2D eigenvalue weighted by Crippen LogP contribution is -2.60. The van der Waals surface area contributed by atoms with Crippen LogP contribution in [0.3, 0.4) is 0 Å². The zero-order valence-electron chi connectivity index (χ0n) is 15.1. The van der Waals surface area contributed by atoms with E-state index in [2.05, 4.69) is 34.7 Å². The number of piperidine rings is 1. The van der Waals surface area contributed by atoms with Gasteiger partial charge in [0, 0.05) is 33.6 Å². The number of nitrogens with zero attached hydrogens (tertiary/aromatic N) is 4. The van der Waals surface area contributed by atoms with E-state index in [1.807, 2.05) is 11.0 Å². The van der Waals surface area contributed by atoms with Gasteiger partial charge >= 0.3 is 0 Å². The van der Waals surface area contributed by atoms with Crippen LogP contribution in [0.1, 0.15) is 25.6 Å². The van der Waals surface area contributed by atoms with Gasteiger partial charge in [-0.3, -0.25) is 9.69 Å². The number of rotatable bonds is 2. The van der Waals surface area contributed by atoms with Gasteiger partial charge in [0.15, 0.2) is 0 Å². The van der Waals surface area contributed by atoms with Gasteiger partial charge in [-0.15, -0.1) is 0 Å². The highest BCUT2D eigenvalue weighted by atomic mass is 16.5. The SMILES string of the molecule is CC(=O)N1CCCC2(CN(Cc3nc4ccccc4n3C)CCO2)C1. The van der Waals surface area contributed by atoms with Crippen molar-refractivity contribution in [2.24, 2.45) is 7.05 Å². The number of carbonyl (C=O) groups excluding carboxylic acids is 1. The summed E-state index contributed by atoms with van der Waals surface area (Å²) in [7, 11) is 2.08. The van der Waals surface area contributed by atoms with Crippen molar-refractivity contribution < 1.29 is 9.53 Å². The number of imidazole rings is 1. The number of aromatic nitrogens is 2. The van der Waals surface area contributed by atoms with Crippen LogP contribution in [0.2, 0.25) is 0 Å². The third kappa shape index (κ3) is 3.16. The van der Waals surface area contributed by atoms with Crippen LogP contribution in [-0.2, 0) is 23.1 Å². The number of morpholine rings is 1. The number of aryl methyl sites for hydroxylation is 1. The molecule has 6 nitrogen and oxygen atoms in total. The number of likely N-dealkylation sites (tertiary alicyclic amines) is 1. The number of hydrogen-bond donors (Lipinski definition) is 0. The summed E-state index contributed by atoms with van der Waals surface area (Å²) in [5.74, 6) is 1.23. The molecular formula is C19H26N4O2. The number of ether oxygens (including phenoxy) is 1. The first-order valence-electron chi connectivity index (χ1n) is 9.08. The molecule has 0 radical (unpaired) electrons. The first-order valence-corrected chi connectivity index (χ1v) is 9.08. The lowest BCUT2D eigenvalue weighted by Gasteiger charge is -2.47. The third-order valence-corrected chi connectivity index (χ3v) is 5.56. The molecule has 2 aromatic rings. The van der Waals surface area contributed by atoms with E-state index in [-0.39, 0.29) is 11.5 Å². The lowest BCUT2D eigenvalue weighted by molar-refractivity contribution is -0.156. The molecule has 25 heavy (non-hydrogen) atoms. The Morgan fingerprint density at radius 3 is 2.92 bits per heavy atom. The van der Waals surface area contributed by atoms with Gasteiger partial charge in [-0.1, -0.05) is 12.1 Å². The number of amides is 1. The standard InChI is InChI=1S/C19H26N4O2/c1-15(24)23-9-5-8-19(14-23)13-22(10-11-25-19)12-18-20-16-6-3-4-7-17(16)21(18)2/h3-4,6-7H,5,8-14H2,1-2H3. The fourth-order valence-corrected chi connectivity index (χ4v) is 4.21. The summed E-state index contributed by atoms with van der Waals surface area (Å²) in [5, 5.41) is 0. The molecule has 1 aromatic heterocycles. The maximum atomic E-state index is 11.8. The van der Waals surface area contributed by atoms with Gasteiger partial charge in [-0.2, -0.15) is 0 Å². The highest BCUT2D eigenvalue weighted by Gasteiger charge is 2.41. The maximum absolute atomic E-state index is 11.8. The van der Waals surface area contributed by atoms with Gasteiger partial charge in [0.25, 0.3) is 0 Å². The second kappa shape index (κ2) is 6.42. The van der Waals surface area contributed by atoms with Gasteiger partial charge < -0.3 is 14.2 Å². The van der Waals surface area contributed by atoms with Crippen molar-refractivity contribution in [2.45, 2.75) is 31.9 Å². The highest BCUT2D eigenvalue weighted by Crippen LogP contribution is 2.30. The molecule has 1 aromatic carbocycles. The van der Waals surface area contributed by atoms with E-state index in [0.717, 1.165) is 57.0 Å². The van der Waals surface area contributed by atoms with Gasteiger partial charge in [-0.05, 0) is 25.0 Å². The van der Waals surface area contributed by atoms with Crippen molar-refractivity contribution in [1.29, 1.82) is 0 Å². The first kappa shape index (κ1) is 16.5. The lowest BCUT2D eigenvalue weighted by atomic mass is 9.90. The normalized spacial score (nSPS) is 25.0. The number of benzene rings is 1. The molecule has 1 atom stereocenters. The summed E-state index contributed by atoms with van der Waals surface area (Å²) in [6.07, 6.45) is 2.04. The number of carbonyl (C=O) groups is 1. The molecule has 2 fully saturated rings. The Hall–Kier alpha value is -1.92. The summed E-state index contributed by atoms with van der Waals surface area (Å²) in [6, 6.07) is 8.25. The average Bonchev–Trinajstić information content (AvgIpc) is 2.91. The second-order valence-electron chi connectivity index (χ2n) is 7.36. The van der Waals surface area contributed by atoms with E-state index in [4.69, 9.17) is 9.72 Å². The zero-order valence-corrected chi connectivity index (χ0v) is 15.1. The third-order valence-electron chi connectivity index (χ3n) is 5.56. The molecule has 2 saturated heterocycles. The molecule has 2 aliphatic heterocycles. The molecule has 0 bridgehead atoms. The molecular weight excluding hydrogens is 316 g/mol. The van der Waals surface area contributed by atoms with Gasteiger partial charge in [0.1, 0.15) is 5.82 Å². The fourth-order valence-electron chi connectivity index (χ4n) is 4.21. The smallest absolute Gasteiger partial charge is 0.219 e. The monoisotopic (exact) mass is 342 g/mol. The molecule has 4 rings (SSSR count). The highest BCUT2D eigenvalue weighted by molar-refractivity contribution is 5.75. The molecule has 1 amide bonds. The molecule has 1 spiro atoms. The first-order chi connectivity index (χ1) is 12.1. The van der Waals surface area contributed by atoms with Crippen LogP contribution in [0.5, 0.6) is 0 Å². The summed E-state index contributed by atoms with van der Waals surface area (Å²) >= 11 is 0. The van der Waals surface area contributed by atoms with E-state index in [1.54, 1.807) is 6.92 Å². The van der Waals surface area contributed by atoms with E-state index in [9.17, 15) is 4.79 Å². The van der Waals surface area contributed by atoms with E-state index in [1.165, 1.54) is 5.52 Å². The molecule has 3 heterocycles. The molecule has 0 saturated carbocycles. The van der Waals surface area contributed by atoms with Crippen LogP contribution in [0.4, 0.5) is 0 Å². The summed E-state index contributed by atoms with van der Waals surface area (Å²) in [5.41, 5.74) is 2.00. The zero-order chi connectivity index (χ0) is 17.4. The minimum absolute atomic E-state index is 0.148. The Morgan fingerprint density at radius 1 is 1.28 bits per heavy atom. The Bertz CT molecular complexity index is 783. The van der Waals surface area contributed by atoms with Gasteiger partial charge in [-0.25, -0.2) is 4.98 Å². The molecule has 6 heteroatoms. The van der Waals surface area contributed by atoms with Gasteiger partial charge in [0.05, 0.1) is 36.3 Å². The van der Waals surface area contributed by atoms with Crippen molar-refractivity contribution in [3.05, 3.63) is 30.1 Å². The predicted octanol–water partition coefficient (Wildman–Crippen LogP) is 1.79. The maximum Gasteiger partial charge on any atom is 0.219 e. The molecule has 2 aliphatic rings. The minimum atomic E-state index is -0.216. The molecule has 1 unspecified atom stereocenters. The Balaban J connectivity index is 1.51. The Labute approximate surface area is 148 Å². The average molecular weight is 342 g/mol. The fraction of sp³-hybridized carbons (Fsp3) is 0.579. The number of para-hydroxylation sites is 2. The molecule has 134 valence electrons. The van der Waals surface area contributed by atoms with Crippen LogP contribution in [-0.4, -0.2) is 63.6 Å². The van der Waals surface area contributed by atoms with E-state index < -0.39 is 0 Å². The van der Waals surface area contributed by atoms with Crippen molar-refractivity contribution in [3.8, 4) is 0 Å². The number of hydrogen-bond acceptors (Lipinski definition) is 4. The number of fused-ring (bicyclic) bond motifs is 1. The van der Waals surface area contributed by atoms with E-state index >= 15 is 0 Å². The van der Waals surface area contributed by atoms with Crippen LogP contribution < -0.4 is 0 Å². The largest absolute Gasteiger partial charge is 0.370 e.